The Morgan fingerprint density at radius 3 is 2.61 bits per heavy atom. The number of nitrogens with one attached hydrogen (secondary N) is 1. The predicted molar refractivity (Wildman–Crippen MR) is 139 cm³/mol. The number of amides is 1. The number of benzene rings is 2. The number of aryl methyl sites for hydroxylation is 2. The maximum Gasteiger partial charge on any atom is 0.436 e. The smallest absolute Gasteiger partial charge is 0.436 e. The zero-order valence-electron chi connectivity index (χ0n) is 21.1. The molecule has 0 unspecified atom stereocenters. The molecule has 10 heteroatoms. The van der Waals surface area contributed by atoms with Crippen LogP contribution in [0.15, 0.2) is 48.5 Å². The number of aromatic nitrogens is 2. The van der Waals surface area contributed by atoms with Crippen LogP contribution in [0.1, 0.15) is 53.3 Å². The van der Waals surface area contributed by atoms with Gasteiger partial charge in [-0.2, -0.15) is 18.3 Å². The van der Waals surface area contributed by atoms with Crippen molar-refractivity contribution in [2.24, 2.45) is 0 Å². The van der Waals surface area contributed by atoms with Crippen LogP contribution in [0.25, 0.3) is 6.08 Å². The van der Waals surface area contributed by atoms with Crippen LogP contribution in [-0.2, 0) is 24.1 Å². The van der Waals surface area contributed by atoms with E-state index in [1.165, 1.54) is 10.8 Å². The Morgan fingerprint density at radius 1 is 1.21 bits per heavy atom. The number of rotatable bonds is 11. The van der Waals surface area contributed by atoms with E-state index in [0.29, 0.717) is 24.5 Å². The molecular formula is C28H29ClF3N3O3. The van der Waals surface area contributed by atoms with Gasteiger partial charge >= 0.3 is 6.18 Å². The first-order valence-electron chi connectivity index (χ1n) is 12.3. The molecule has 0 aliphatic heterocycles. The van der Waals surface area contributed by atoms with Gasteiger partial charge in [0.2, 0.25) is 5.91 Å². The summed E-state index contributed by atoms with van der Waals surface area (Å²) in [5.74, 6) is 1.13. The van der Waals surface area contributed by atoms with Gasteiger partial charge < -0.3 is 14.8 Å². The van der Waals surface area contributed by atoms with Gasteiger partial charge in [-0.15, -0.1) is 0 Å². The van der Waals surface area contributed by atoms with E-state index < -0.39 is 11.9 Å². The van der Waals surface area contributed by atoms with Gasteiger partial charge in [0, 0.05) is 30.6 Å². The van der Waals surface area contributed by atoms with Crippen LogP contribution in [0.2, 0.25) is 5.02 Å². The Balaban J connectivity index is 1.30. The zero-order chi connectivity index (χ0) is 27.3. The molecule has 0 spiro atoms. The normalized spacial score (nSPS) is 13.6. The summed E-state index contributed by atoms with van der Waals surface area (Å²) in [5, 5.41) is 6.15. The molecule has 0 atom stereocenters. The molecular weight excluding hydrogens is 519 g/mol. The van der Waals surface area contributed by atoms with E-state index >= 15 is 0 Å². The third-order valence-electron chi connectivity index (χ3n) is 6.16. The summed E-state index contributed by atoms with van der Waals surface area (Å²) in [6.45, 7) is 2.82. The minimum atomic E-state index is -4.60. The van der Waals surface area contributed by atoms with Gasteiger partial charge in [-0.25, -0.2) is 0 Å². The fourth-order valence-corrected chi connectivity index (χ4v) is 4.43. The standard InChI is InChI=1S/C28H29ClF3N3O3/c1-18-4-10-22(11-5-18)38-17-21-16-19(6-12-23(21)37-2)7-13-24(36)33-14-3-15-35-26(20-8-9-20)25(29)27(34-35)28(30,31)32/h4-7,10-13,16,20H,3,8-9,14-15,17H2,1-2H3,(H,33,36)/b13-7+. The Hall–Kier alpha value is -3.46. The van der Waals surface area contributed by atoms with Gasteiger partial charge in [0.15, 0.2) is 5.69 Å². The van der Waals surface area contributed by atoms with Gasteiger partial charge in [0.25, 0.3) is 0 Å². The first-order chi connectivity index (χ1) is 18.2. The maximum atomic E-state index is 13.2. The molecule has 1 amide bonds. The molecule has 1 aromatic heterocycles. The molecule has 0 radical (unpaired) electrons. The van der Waals surface area contributed by atoms with Crippen molar-refractivity contribution in [2.75, 3.05) is 13.7 Å². The van der Waals surface area contributed by atoms with Gasteiger partial charge in [-0.1, -0.05) is 35.4 Å². The summed E-state index contributed by atoms with van der Waals surface area (Å²) >= 11 is 6.00. The highest BCUT2D eigenvalue weighted by atomic mass is 35.5. The lowest BCUT2D eigenvalue weighted by Crippen LogP contribution is -2.23. The molecule has 1 N–H and O–H groups in total. The minimum absolute atomic E-state index is 0.0142. The van der Waals surface area contributed by atoms with Gasteiger partial charge in [-0.05, 0) is 62.1 Å². The lowest BCUT2D eigenvalue weighted by atomic mass is 10.1. The highest BCUT2D eigenvalue weighted by Gasteiger charge is 2.41. The molecule has 0 saturated heterocycles. The number of methoxy groups -OCH3 is 1. The molecule has 202 valence electrons. The number of carbonyl (C=O) groups is 1. The van der Waals surface area contributed by atoms with Gasteiger partial charge in [0.1, 0.15) is 18.1 Å². The first kappa shape index (κ1) is 27.6. The van der Waals surface area contributed by atoms with Crippen LogP contribution < -0.4 is 14.8 Å². The molecule has 2 aromatic carbocycles. The molecule has 38 heavy (non-hydrogen) atoms. The Morgan fingerprint density at radius 2 is 1.95 bits per heavy atom. The Kier molecular flexibility index (Phi) is 8.66. The molecule has 1 aliphatic rings. The molecule has 1 heterocycles. The minimum Gasteiger partial charge on any atom is -0.496 e. The van der Waals surface area contributed by atoms with E-state index in [1.807, 2.05) is 49.4 Å². The van der Waals surface area contributed by atoms with Crippen molar-refractivity contribution < 1.29 is 27.4 Å². The second-order valence-corrected chi connectivity index (χ2v) is 9.57. The van der Waals surface area contributed by atoms with E-state index in [1.54, 1.807) is 13.2 Å². The third-order valence-corrected chi connectivity index (χ3v) is 6.53. The highest BCUT2D eigenvalue weighted by Crippen LogP contribution is 2.46. The lowest BCUT2D eigenvalue weighted by molar-refractivity contribution is -0.141. The van der Waals surface area contributed by atoms with Gasteiger partial charge in [-0.3, -0.25) is 9.48 Å². The Bertz CT molecular complexity index is 1300. The predicted octanol–water partition coefficient (Wildman–Crippen LogP) is 6.55. The van der Waals surface area contributed by atoms with E-state index in [9.17, 15) is 18.0 Å². The summed E-state index contributed by atoms with van der Waals surface area (Å²) in [5.41, 5.74) is 2.16. The number of nitrogens with zero attached hydrogens (tertiary/aromatic N) is 2. The molecule has 1 saturated carbocycles. The van der Waals surface area contributed by atoms with Crippen LogP contribution in [0.3, 0.4) is 0 Å². The van der Waals surface area contributed by atoms with Crippen LogP contribution >= 0.6 is 11.6 Å². The summed E-state index contributed by atoms with van der Waals surface area (Å²) in [4.78, 5) is 12.3. The average Bonchev–Trinajstić information content (AvgIpc) is 3.66. The molecule has 0 bridgehead atoms. The van der Waals surface area contributed by atoms with Crippen LogP contribution in [-0.4, -0.2) is 29.3 Å². The number of carbonyl (C=O) groups excluding carboxylic acids is 1. The van der Waals surface area contributed by atoms with Crippen molar-refractivity contribution in [1.29, 1.82) is 0 Å². The number of hydrogen-bond acceptors (Lipinski definition) is 4. The van der Waals surface area contributed by atoms with E-state index in [4.69, 9.17) is 21.1 Å². The molecule has 6 nitrogen and oxygen atoms in total. The van der Waals surface area contributed by atoms with Crippen molar-refractivity contribution in [3.05, 3.63) is 81.6 Å². The summed E-state index contributed by atoms with van der Waals surface area (Å²) in [6, 6.07) is 13.3. The van der Waals surface area contributed by atoms with Gasteiger partial charge in [0.05, 0.1) is 17.8 Å². The fraction of sp³-hybridized carbons (Fsp3) is 0.357. The highest BCUT2D eigenvalue weighted by molar-refractivity contribution is 6.32. The van der Waals surface area contributed by atoms with Crippen LogP contribution in [0, 0.1) is 6.92 Å². The van der Waals surface area contributed by atoms with Crippen molar-refractivity contribution >= 4 is 23.6 Å². The SMILES string of the molecule is COc1ccc(/C=C/C(=O)NCCCn2nc(C(F)(F)F)c(Cl)c2C2CC2)cc1COc1ccc(C)cc1. The average molecular weight is 548 g/mol. The monoisotopic (exact) mass is 547 g/mol. The van der Waals surface area contributed by atoms with Crippen molar-refractivity contribution in [2.45, 2.75) is 51.4 Å². The Labute approximate surface area is 224 Å². The second kappa shape index (κ2) is 11.9. The second-order valence-electron chi connectivity index (χ2n) is 9.19. The van der Waals surface area contributed by atoms with E-state index in [2.05, 4.69) is 10.4 Å². The summed E-state index contributed by atoms with van der Waals surface area (Å²) in [6.07, 6.45) is 0.508. The summed E-state index contributed by atoms with van der Waals surface area (Å²) < 4.78 is 52.3. The zero-order valence-corrected chi connectivity index (χ0v) is 21.9. The quantitative estimate of drug-likeness (QED) is 0.218. The first-order valence-corrected chi connectivity index (χ1v) is 12.7. The van der Waals surface area contributed by atoms with E-state index in [0.717, 1.165) is 35.3 Å². The third kappa shape index (κ3) is 7.10. The molecule has 1 fully saturated rings. The molecule has 3 aromatic rings. The number of hydrogen-bond donors (Lipinski definition) is 1. The maximum absolute atomic E-state index is 13.2. The van der Waals surface area contributed by atoms with E-state index in [-0.39, 0.29) is 29.9 Å². The number of alkyl halides is 3. The molecule has 1 aliphatic carbocycles. The van der Waals surface area contributed by atoms with Crippen molar-refractivity contribution in [3.63, 3.8) is 0 Å². The largest absolute Gasteiger partial charge is 0.496 e. The van der Waals surface area contributed by atoms with Crippen LogP contribution in [0.5, 0.6) is 11.5 Å². The van der Waals surface area contributed by atoms with Crippen LogP contribution in [0.4, 0.5) is 13.2 Å². The fourth-order valence-electron chi connectivity index (χ4n) is 4.03. The number of halogens is 4. The lowest BCUT2D eigenvalue weighted by Gasteiger charge is -2.11. The topological polar surface area (TPSA) is 65.4 Å². The van der Waals surface area contributed by atoms with Crippen molar-refractivity contribution in [3.8, 4) is 11.5 Å². The van der Waals surface area contributed by atoms with Crippen molar-refractivity contribution in [1.82, 2.24) is 15.1 Å². The molecule has 4 rings (SSSR count). The summed E-state index contributed by atoms with van der Waals surface area (Å²) in [7, 11) is 1.59. The number of ether oxygens (including phenoxy) is 2.